The molecule has 2 aliphatic rings. The van der Waals surface area contributed by atoms with Crippen molar-refractivity contribution in [2.45, 2.75) is 70.8 Å². The highest BCUT2D eigenvalue weighted by molar-refractivity contribution is 5.94. The van der Waals surface area contributed by atoms with Gasteiger partial charge < -0.3 is 14.8 Å². The molecule has 1 atom stereocenters. The van der Waals surface area contributed by atoms with E-state index in [0.717, 1.165) is 49.6 Å². The number of benzene rings is 2. The summed E-state index contributed by atoms with van der Waals surface area (Å²) >= 11 is 0. The number of aromatic nitrogens is 1. The van der Waals surface area contributed by atoms with Crippen molar-refractivity contribution in [3.05, 3.63) is 77.5 Å². The van der Waals surface area contributed by atoms with Crippen molar-refractivity contribution in [1.82, 2.24) is 14.8 Å². The van der Waals surface area contributed by atoms with E-state index in [9.17, 15) is 4.79 Å². The van der Waals surface area contributed by atoms with E-state index in [1.807, 2.05) is 12.1 Å². The molecule has 0 spiro atoms. The first-order valence-electron chi connectivity index (χ1n) is 13.7. The van der Waals surface area contributed by atoms with Crippen LogP contribution < -0.4 is 5.32 Å². The van der Waals surface area contributed by atoms with Crippen LogP contribution in [0.1, 0.15) is 73.5 Å². The Kier molecular flexibility index (Phi) is 7.68. The molecule has 1 aromatic heterocycles. The molecule has 1 fully saturated rings. The standard InChI is InChI=1S/C31H39N3O/c1-2-27-14-8-9-21-33(27)22-10-20-32-31(35)25-16-18-28(19-17-25)34-29-15-7-6-13-26(29)23-30(34)24-11-4-3-5-12-24/h3-5,11-12,16-19,23,27H,2,6-10,13-15,20-22H2,1H3,(H,32,35)/t27-/m0/s1. The minimum Gasteiger partial charge on any atom is -0.352 e. The van der Waals surface area contributed by atoms with Gasteiger partial charge in [0.2, 0.25) is 0 Å². The van der Waals surface area contributed by atoms with Crippen LogP contribution in [0.3, 0.4) is 0 Å². The fourth-order valence-electron chi connectivity index (χ4n) is 5.98. The summed E-state index contributed by atoms with van der Waals surface area (Å²) in [4.78, 5) is 15.4. The van der Waals surface area contributed by atoms with Crippen LogP contribution in [-0.4, -0.2) is 41.1 Å². The summed E-state index contributed by atoms with van der Waals surface area (Å²) in [7, 11) is 0. The molecule has 0 bridgehead atoms. The van der Waals surface area contributed by atoms with E-state index < -0.39 is 0 Å². The number of nitrogens with zero attached hydrogens (tertiary/aromatic N) is 2. The van der Waals surface area contributed by atoms with E-state index in [0.29, 0.717) is 0 Å². The summed E-state index contributed by atoms with van der Waals surface area (Å²) < 4.78 is 2.41. The minimum atomic E-state index is 0.0278. The maximum Gasteiger partial charge on any atom is 0.251 e. The lowest BCUT2D eigenvalue weighted by Crippen LogP contribution is -2.40. The second-order valence-electron chi connectivity index (χ2n) is 10.2. The fourth-order valence-corrected chi connectivity index (χ4v) is 5.98. The zero-order valence-corrected chi connectivity index (χ0v) is 21.1. The van der Waals surface area contributed by atoms with E-state index in [2.05, 4.69) is 70.2 Å². The monoisotopic (exact) mass is 469 g/mol. The number of carbonyl (C=O) groups is 1. The van der Waals surface area contributed by atoms with Crippen molar-refractivity contribution < 1.29 is 4.79 Å². The maximum absolute atomic E-state index is 12.8. The van der Waals surface area contributed by atoms with E-state index in [4.69, 9.17) is 0 Å². The zero-order valence-electron chi connectivity index (χ0n) is 21.1. The molecule has 0 saturated carbocycles. The van der Waals surface area contributed by atoms with Crippen molar-refractivity contribution in [3.63, 3.8) is 0 Å². The van der Waals surface area contributed by atoms with Crippen molar-refractivity contribution >= 4 is 5.91 Å². The Bertz CT molecular complexity index is 1120. The van der Waals surface area contributed by atoms with Crippen molar-refractivity contribution in [2.75, 3.05) is 19.6 Å². The van der Waals surface area contributed by atoms with Gasteiger partial charge in [0.15, 0.2) is 0 Å². The van der Waals surface area contributed by atoms with Gasteiger partial charge in [0, 0.05) is 36.1 Å². The molecule has 1 amide bonds. The van der Waals surface area contributed by atoms with Crippen LogP contribution in [0.5, 0.6) is 0 Å². The lowest BCUT2D eigenvalue weighted by Gasteiger charge is -2.35. The van der Waals surface area contributed by atoms with Gasteiger partial charge in [0.1, 0.15) is 0 Å². The Labute approximate surface area is 210 Å². The Hall–Kier alpha value is -2.85. The maximum atomic E-state index is 12.8. The molecule has 4 nitrogen and oxygen atoms in total. The summed E-state index contributed by atoms with van der Waals surface area (Å²) in [6, 6.07) is 21.9. The van der Waals surface area contributed by atoms with Crippen molar-refractivity contribution in [3.8, 4) is 16.9 Å². The number of hydrogen-bond donors (Lipinski definition) is 1. The molecule has 2 aromatic carbocycles. The molecule has 0 unspecified atom stereocenters. The number of amides is 1. The van der Waals surface area contributed by atoms with Gasteiger partial charge >= 0.3 is 0 Å². The molecule has 1 aliphatic heterocycles. The van der Waals surface area contributed by atoms with Crippen molar-refractivity contribution in [2.24, 2.45) is 0 Å². The summed E-state index contributed by atoms with van der Waals surface area (Å²) in [5, 5.41) is 3.14. The summed E-state index contributed by atoms with van der Waals surface area (Å²) in [5.74, 6) is 0.0278. The predicted molar refractivity (Wildman–Crippen MR) is 144 cm³/mol. The van der Waals surface area contributed by atoms with Gasteiger partial charge in [-0.3, -0.25) is 4.79 Å². The average molecular weight is 470 g/mol. The smallest absolute Gasteiger partial charge is 0.251 e. The summed E-state index contributed by atoms with van der Waals surface area (Å²) in [6.45, 7) is 5.32. The molecule has 2 heterocycles. The number of piperidine rings is 1. The molecule has 4 heteroatoms. The molecule has 0 radical (unpaired) electrons. The van der Waals surface area contributed by atoms with Crippen LogP contribution in [0.15, 0.2) is 60.7 Å². The lowest BCUT2D eigenvalue weighted by molar-refractivity contribution is 0.0947. The SMILES string of the molecule is CC[C@H]1CCCCN1CCCNC(=O)c1ccc(-n2c(-c3ccccc3)cc3c2CCCC3)cc1. The largest absolute Gasteiger partial charge is 0.352 e. The fraction of sp³-hybridized carbons (Fsp3) is 0.452. The molecular weight excluding hydrogens is 430 g/mol. The van der Waals surface area contributed by atoms with E-state index in [1.54, 1.807) is 0 Å². The van der Waals surface area contributed by atoms with Crippen LogP contribution in [0.2, 0.25) is 0 Å². The normalized spacial score (nSPS) is 18.3. The molecule has 1 saturated heterocycles. The van der Waals surface area contributed by atoms with Crippen LogP contribution in [-0.2, 0) is 12.8 Å². The zero-order chi connectivity index (χ0) is 24.0. The third-order valence-corrected chi connectivity index (χ3v) is 7.89. The quantitative estimate of drug-likeness (QED) is 0.387. The third-order valence-electron chi connectivity index (χ3n) is 7.89. The highest BCUT2D eigenvalue weighted by Crippen LogP contribution is 2.34. The minimum absolute atomic E-state index is 0.0278. The number of carbonyl (C=O) groups excluding carboxylic acids is 1. The van der Waals surface area contributed by atoms with Crippen LogP contribution in [0.4, 0.5) is 0 Å². The topological polar surface area (TPSA) is 37.3 Å². The van der Waals surface area contributed by atoms with Gasteiger partial charge in [-0.2, -0.15) is 0 Å². The molecule has 3 aromatic rings. The molecule has 35 heavy (non-hydrogen) atoms. The van der Waals surface area contributed by atoms with Gasteiger partial charge in [0.05, 0.1) is 5.69 Å². The van der Waals surface area contributed by atoms with Gasteiger partial charge in [-0.25, -0.2) is 0 Å². The second-order valence-corrected chi connectivity index (χ2v) is 10.2. The number of aryl methyl sites for hydroxylation is 1. The first-order valence-corrected chi connectivity index (χ1v) is 13.7. The summed E-state index contributed by atoms with van der Waals surface area (Å²) in [6.07, 6.45) is 11.0. The number of nitrogens with one attached hydrogen (secondary N) is 1. The highest BCUT2D eigenvalue weighted by Gasteiger charge is 2.21. The number of fused-ring (bicyclic) bond motifs is 1. The lowest BCUT2D eigenvalue weighted by atomic mass is 9.98. The van der Waals surface area contributed by atoms with Gasteiger partial charge in [-0.15, -0.1) is 0 Å². The Morgan fingerprint density at radius 3 is 2.57 bits per heavy atom. The number of likely N-dealkylation sites (tertiary alicyclic amines) is 1. The van der Waals surface area contributed by atoms with Crippen molar-refractivity contribution in [1.29, 1.82) is 0 Å². The summed E-state index contributed by atoms with van der Waals surface area (Å²) in [5.41, 5.74) is 7.26. The van der Waals surface area contributed by atoms with Gasteiger partial charge in [-0.1, -0.05) is 43.7 Å². The highest BCUT2D eigenvalue weighted by atomic mass is 16.1. The van der Waals surface area contributed by atoms with Crippen LogP contribution >= 0.6 is 0 Å². The van der Waals surface area contributed by atoms with E-state index in [-0.39, 0.29) is 5.91 Å². The van der Waals surface area contributed by atoms with Crippen LogP contribution in [0, 0.1) is 0 Å². The first-order chi connectivity index (χ1) is 17.2. The third kappa shape index (κ3) is 5.38. The molecule has 1 aliphatic carbocycles. The number of rotatable bonds is 8. The number of hydrogen-bond acceptors (Lipinski definition) is 2. The Morgan fingerprint density at radius 1 is 0.971 bits per heavy atom. The average Bonchev–Trinajstić information content (AvgIpc) is 3.31. The predicted octanol–water partition coefficient (Wildman–Crippen LogP) is 6.41. The molecule has 1 N–H and O–H groups in total. The van der Waals surface area contributed by atoms with Gasteiger partial charge in [0.25, 0.3) is 5.91 Å². The van der Waals surface area contributed by atoms with E-state index >= 15 is 0 Å². The Morgan fingerprint density at radius 2 is 1.77 bits per heavy atom. The molecule has 5 rings (SSSR count). The molecular formula is C31H39N3O. The first kappa shape index (κ1) is 23.9. The van der Waals surface area contributed by atoms with E-state index in [1.165, 1.54) is 67.6 Å². The molecule has 184 valence electrons. The second kappa shape index (κ2) is 11.3. The van der Waals surface area contributed by atoms with Crippen LogP contribution in [0.25, 0.3) is 16.9 Å². The Balaban J connectivity index is 1.25. The van der Waals surface area contributed by atoms with Gasteiger partial charge in [-0.05, 0) is 99.4 Å².